The van der Waals surface area contributed by atoms with Crippen molar-refractivity contribution >= 4 is 11.9 Å². The standard InChI is InChI=1S/C41H46O8/c1-3-46-38(40(42)43)25-30-9-15-34(16-10-30)48-21-5-7-28-13-19-36-32(23-28)27-33-24-29(14-20-37(33)36)8-6-22-49-35-17-11-31(12-18-35)26-39(41(44)45)47-4-2/h9-20,23-24,38-39H,3-8,21-22,25-27H2,1-2H3,(H,42,43)(H,44,45)/t38-,39-/m0/s1. The number of carboxylic acids is 2. The van der Waals surface area contributed by atoms with Gasteiger partial charge in [0.1, 0.15) is 11.5 Å². The Bertz CT molecular complexity index is 1550. The number of hydrogen-bond donors (Lipinski definition) is 2. The number of aliphatic carboxylic acids is 2. The summed E-state index contributed by atoms with van der Waals surface area (Å²) >= 11 is 0. The molecular formula is C41H46O8. The molecule has 2 atom stereocenters. The summed E-state index contributed by atoms with van der Waals surface area (Å²) < 4.78 is 22.5. The number of benzene rings is 4. The van der Waals surface area contributed by atoms with Crippen molar-refractivity contribution < 1.29 is 38.7 Å². The molecule has 258 valence electrons. The minimum Gasteiger partial charge on any atom is -0.494 e. The van der Waals surface area contributed by atoms with E-state index in [0.29, 0.717) is 39.3 Å². The van der Waals surface area contributed by atoms with Crippen molar-refractivity contribution in [2.24, 2.45) is 0 Å². The second kappa shape index (κ2) is 17.7. The van der Waals surface area contributed by atoms with Crippen LogP contribution in [0.2, 0.25) is 0 Å². The second-order valence-electron chi connectivity index (χ2n) is 12.3. The van der Waals surface area contributed by atoms with Crippen LogP contribution in [0.5, 0.6) is 11.5 Å². The number of aryl methyl sites for hydroxylation is 2. The fourth-order valence-electron chi connectivity index (χ4n) is 6.27. The summed E-state index contributed by atoms with van der Waals surface area (Å²) in [5.74, 6) is -0.345. The molecule has 0 spiro atoms. The smallest absolute Gasteiger partial charge is 0.333 e. The van der Waals surface area contributed by atoms with Gasteiger partial charge in [-0.1, -0.05) is 60.7 Å². The van der Waals surface area contributed by atoms with Crippen molar-refractivity contribution in [3.8, 4) is 22.6 Å². The number of fused-ring (bicyclic) bond motifs is 3. The fourth-order valence-corrected chi connectivity index (χ4v) is 6.27. The molecule has 2 N–H and O–H groups in total. The lowest BCUT2D eigenvalue weighted by atomic mass is 10.00. The first kappa shape index (κ1) is 35.6. The van der Waals surface area contributed by atoms with Gasteiger partial charge in [0, 0.05) is 26.1 Å². The van der Waals surface area contributed by atoms with Crippen LogP contribution in [0.25, 0.3) is 11.1 Å². The van der Waals surface area contributed by atoms with Gasteiger partial charge >= 0.3 is 11.9 Å². The molecule has 0 unspecified atom stereocenters. The van der Waals surface area contributed by atoms with E-state index in [1.165, 1.54) is 33.4 Å². The summed E-state index contributed by atoms with van der Waals surface area (Å²) in [4.78, 5) is 22.7. The predicted octanol–water partition coefficient (Wildman–Crippen LogP) is 7.35. The third-order valence-electron chi connectivity index (χ3n) is 8.74. The Morgan fingerprint density at radius 2 is 0.980 bits per heavy atom. The van der Waals surface area contributed by atoms with Crippen LogP contribution >= 0.6 is 0 Å². The number of ether oxygens (including phenoxy) is 4. The molecule has 5 rings (SSSR count). The molecule has 0 aliphatic heterocycles. The third-order valence-corrected chi connectivity index (χ3v) is 8.74. The highest BCUT2D eigenvalue weighted by atomic mass is 16.5. The molecule has 8 heteroatoms. The van der Waals surface area contributed by atoms with Gasteiger partial charge in [-0.05, 0) is 115 Å². The molecule has 0 bridgehead atoms. The van der Waals surface area contributed by atoms with Crippen molar-refractivity contribution in [3.63, 3.8) is 0 Å². The van der Waals surface area contributed by atoms with E-state index in [4.69, 9.17) is 18.9 Å². The van der Waals surface area contributed by atoms with Crippen molar-refractivity contribution in [2.45, 2.75) is 71.0 Å². The van der Waals surface area contributed by atoms with Gasteiger partial charge in [-0.15, -0.1) is 0 Å². The summed E-state index contributed by atoms with van der Waals surface area (Å²) in [6.45, 7) is 5.53. The Hall–Kier alpha value is -4.66. The molecular weight excluding hydrogens is 620 g/mol. The van der Waals surface area contributed by atoms with E-state index >= 15 is 0 Å². The maximum Gasteiger partial charge on any atom is 0.333 e. The molecule has 0 saturated carbocycles. The van der Waals surface area contributed by atoms with Gasteiger partial charge in [-0.2, -0.15) is 0 Å². The zero-order chi connectivity index (χ0) is 34.6. The highest BCUT2D eigenvalue weighted by molar-refractivity contribution is 5.77. The van der Waals surface area contributed by atoms with E-state index in [9.17, 15) is 19.8 Å². The summed E-state index contributed by atoms with van der Waals surface area (Å²) in [5, 5.41) is 18.6. The van der Waals surface area contributed by atoms with Crippen LogP contribution in [-0.2, 0) is 51.2 Å². The van der Waals surface area contributed by atoms with Crippen LogP contribution in [0.1, 0.15) is 60.1 Å². The summed E-state index contributed by atoms with van der Waals surface area (Å²) in [6.07, 6.45) is 3.58. The fraction of sp³-hybridized carbons (Fsp3) is 0.366. The molecule has 0 heterocycles. The van der Waals surface area contributed by atoms with E-state index in [1.54, 1.807) is 13.8 Å². The zero-order valence-electron chi connectivity index (χ0n) is 28.4. The van der Waals surface area contributed by atoms with Gasteiger partial charge in [-0.25, -0.2) is 9.59 Å². The summed E-state index contributed by atoms with van der Waals surface area (Å²) in [6, 6.07) is 28.8. The molecule has 0 saturated heterocycles. The van der Waals surface area contributed by atoms with Gasteiger partial charge in [0.25, 0.3) is 0 Å². The van der Waals surface area contributed by atoms with Gasteiger partial charge < -0.3 is 29.2 Å². The minimum absolute atomic E-state index is 0.328. The topological polar surface area (TPSA) is 112 Å². The van der Waals surface area contributed by atoms with E-state index in [1.807, 2.05) is 48.5 Å². The normalized spacial score (nSPS) is 12.9. The van der Waals surface area contributed by atoms with E-state index < -0.39 is 24.1 Å². The minimum atomic E-state index is -0.949. The van der Waals surface area contributed by atoms with E-state index in [-0.39, 0.29) is 0 Å². The molecule has 0 fully saturated rings. The summed E-state index contributed by atoms with van der Waals surface area (Å²) in [5.41, 5.74) is 9.80. The number of carbonyl (C=O) groups is 2. The Balaban J connectivity index is 1.03. The van der Waals surface area contributed by atoms with Crippen molar-refractivity contribution in [1.82, 2.24) is 0 Å². The SMILES string of the molecule is CCO[C@@H](Cc1ccc(OCCCc2ccc3c(c2)Cc2cc(CCCOc4ccc(C[C@H](OCC)C(=O)O)cc4)ccc2-3)cc1)C(=O)O. The Labute approximate surface area is 288 Å². The lowest BCUT2D eigenvalue weighted by Crippen LogP contribution is -2.26. The highest BCUT2D eigenvalue weighted by Crippen LogP contribution is 2.38. The quantitative estimate of drug-likeness (QED) is 0.0830. The number of carboxylic acid groups (broad SMARTS) is 2. The van der Waals surface area contributed by atoms with Crippen LogP contribution in [0.4, 0.5) is 0 Å². The van der Waals surface area contributed by atoms with Gasteiger partial charge in [-0.3, -0.25) is 0 Å². The predicted molar refractivity (Wildman–Crippen MR) is 189 cm³/mol. The van der Waals surface area contributed by atoms with Crippen molar-refractivity contribution in [1.29, 1.82) is 0 Å². The van der Waals surface area contributed by atoms with E-state index in [0.717, 1.165) is 54.7 Å². The van der Waals surface area contributed by atoms with Gasteiger partial charge in [0.15, 0.2) is 12.2 Å². The van der Waals surface area contributed by atoms with Crippen LogP contribution < -0.4 is 9.47 Å². The molecule has 0 aromatic heterocycles. The lowest BCUT2D eigenvalue weighted by Gasteiger charge is -2.13. The van der Waals surface area contributed by atoms with Crippen LogP contribution in [0.3, 0.4) is 0 Å². The number of rotatable bonds is 20. The Kier molecular flexibility index (Phi) is 12.8. The number of hydrogen-bond acceptors (Lipinski definition) is 6. The maximum absolute atomic E-state index is 11.3. The molecule has 0 amide bonds. The highest BCUT2D eigenvalue weighted by Gasteiger charge is 2.20. The molecule has 1 aliphatic carbocycles. The van der Waals surface area contributed by atoms with Gasteiger partial charge in [0.2, 0.25) is 0 Å². The first-order valence-electron chi connectivity index (χ1n) is 17.2. The van der Waals surface area contributed by atoms with Crippen molar-refractivity contribution in [2.75, 3.05) is 26.4 Å². The van der Waals surface area contributed by atoms with Crippen LogP contribution in [0.15, 0.2) is 84.9 Å². The molecule has 8 nitrogen and oxygen atoms in total. The molecule has 0 radical (unpaired) electrons. The molecule has 4 aromatic rings. The lowest BCUT2D eigenvalue weighted by molar-refractivity contribution is -0.150. The average molecular weight is 667 g/mol. The summed E-state index contributed by atoms with van der Waals surface area (Å²) in [7, 11) is 0. The Morgan fingerprint density at radius 1 is 0.592 bits per heavy atom. The monoisotopic (exact) mass is 666 g/mol. The molecule has 49 heavy (non-hydrogen) atoms. The average Bonchev–Trinajstić information content (AvgIpc) is 3.46. The maximum atomic E-state index is 11.3. The van der Waals surface area contributed by atoms with E-state index in [2.05, 4.69) is 36.4 Å². The second-order valence-corrected chi connectivity index (χ2v) is 12.3. The first-order valence-corrected chi connectivity index (χ1v) is 17.2. The first-order chi connectivity index (χ1) is 23.8. The van der Waals surface area contributed by atoms with Crippen molar-refractivity contribution in [3.05, 3.63) is 118 Å². The largest absolute Gasteiger partial charge is 0.494 e. The Morgan fingerprint density at radius 3 is 1.35 bits per heavy atom. The van der Waals surface area contributed by atoms with Gasteiger partial charge in [0.05, 0.1) is 13.2 Å². The molecule has 1 aliphatic rings. The van der Waals surface area contributed by atoms with Crippen LogP contribution in [0, 0.1) is 0 Å². The zero-order valence-corrected chi connectivity index (χ0v) is 28.4. The van der Waals surface area contributed by atoms with Crippen LogP contribution in [-0.4, -0.2) is 60.8 Å². The third kappa shape index (κ3) is 10.2. The molecule has 4 aromatic carbocycles.